The van der Waals surface area contributed by atoms with E-state index in [2.05, 4.69) is 86.8 Å². The van der Waals surface area contributed by atoms with Gasteiger partial charge in [0.2, 0.25) is 0 Å². The Morgan fingerprint density at radius 2 is 0.594 bits per heavy atom. The van der Waals surface area contributed by atoms with Crippen LogP contribution in [-0.2, 0) is 32.7 Å². The summed E-state index contributed by atoms with van der Waals surface area (Å²) in [5.41, 5.74) is 0. The number of carbonyl (C=O) groups excluding carboxylic acids is 2. The number of phosphoric ester groups is 1. The highest BCUT2D eigenvalue weighted by Gasteiger charge is 2.22. The molecule has 0 heterocycles. The topological polar surface area (TPSA) is 111 Å². The Kier molecular flexibility index (Phi) is 74.6. The number of rotatable bonds is 78. The first-order valence-corrected chi connectivity index (χ1v) is 43.1. The molecule has 96 heavy (non-hydrogen) atoms. The first kappa shape index (κ1) is 93.5. The SMILES string of the molecule is CC/C=C\C/C=C\C/C=C\C/C=C\CCCCCCCCCCCCCCCCCCCCCCCCCCCCC(=O)OC(COC(=O)CCCCCCCCCCCCCCCCCCCCCCC/C=C\C/C=C\CCCCCCC)COP(=O)([O-])OCC[N+](C)(C)C. The number of carbonyl (C=O) groups is 2. The van der Waals surface area contributed by atoms with Gasteiger partial charge in [-0.25, -0.2) is 0 Å². The van der Waals surface area contributed by atoms with Gasteiger partial charge in [0.15, 0.2) is 6.10 Å². The highest BCUT2D eigenvalue weighted by Crippen LogP contribution is 2.38. The van der Waals surface area contributed by atoms with Crippen LogP contribution in [-0.4, -0.2) is 70.0 Å². The van der Waals surface area contributed by atoms with Gasteiger partial charge in [-0.1, -0.05) is 389 Å². The average Bonchev–Trinajstić information content (AvgIpc) is 1.98. The van der Waals surface area contributed by atoms with E-state index in [9.17, 15) is 19.0 Å². The number of nitrogens with zero attached hydrogens (tertiary/aromatic N) is 1. The van der Waals surface area contributed by atoms with E-state index in [-0.39, 0.29) is 32.0 Å². The molecule has 10 heteroatoms. The minimum Gasteiger partial charge on any atom is -0.756 e. The number of hydrogen-bond donors (Lipinski definition) is 0. The molecule has 0 aliphatic heterocycles. The molecule has 0 fully saturated rings. The van der Waals surface area contributed by atoms with Crippen molar-refractivity contribution >= 4 is 19.8 Å². The van der Waals surface area contributed by atoms with Crippen LogP contribution in [0.1, 0.15) is 412 Å². The average molecular weight is 1370 g/mol. The maximum atomic E-state index is 12.9. The number of ether oxygens (including phenoxy) is 2. The molecule has 0 amide bonds. The lowest BCUT2D eigenvalue weighted by molar-refractivity contribution is -0.870. The molecule has 0 N–H and O–H groups in total. The third-order valence-corrected chi connectivity index (χ3v) is 19.7. The molecule has 0 rings (SSSR count). The summed E-state index contributed by atoms with van der Waals surface area (Å²) in [6.45, 7) is 4.19. The van der Waals surface area contributed by atoms with Crippen molar-refractivity contribution in [3.05, 3.63) is 72.9 Å². The van der Waals surface area contributed by atoms with Crippen LogP contribution in [0.15, 0.2) is 72.9 Å². The van der Waals surface area contributed by atoms with E-state index >= 15 is 0 Å². The summed E-state index contributed by atoms with van der Waals surface area (Å²) in [4.78, 5) is 38.2. The summed E-state index contributed by atoms with van der Waals surface area (Å²) in [6, 6.07) is 0. The molecule has 0 radical (unpaired) electrons. The Morgan fingerprint density at radius 3 is 0.885 bits per heavy atom. The Morgan fingerprint density at radius 1 is 0.333 bits per heavy atom. The molecule has 0 aromatic rings. The van der Waals surface area contributed by atoms with E-state index in [1.807, 2.05) is 21.1 Å². The standard InChI is InChI=1S/C86H160NO8P/c1-6-8-10-12-14-16-18-20-22-24-26-28-30-32-34-36-38-40-41-42-43-44-45-47-49-51-53-55-57-59-61-63-65-67-69-71-73-75-77-79-86(89)95-84(83-94-96(90,91)93-81-80-87(3,4)5)82-92-85(88)78-76-74-72-70-68-66-64-62-60-58-56-54-52-50-48-46-39-37-35-33-31-29-27-25-23-21-19-17-15-13-11-9-7-2/h8,10,14,16,19-22,25-28,84H,6-7,9,11-13,15,17-18,23-24,29-83H2,1-5H3/b10-8-,16-14-,21-19-,22-20-,27-25-,28-26-. The highest BCUT2D eigenvalue weighted by molar-refractivity contribution is 7.45. The zero-order chi connectivity index (χ0) is 69.7. The van der Waals surface area contributed by atoms with E-state index in [1.54, 1.807) is 0 Å². The predicted molar refractivity (Wildman–Crippen MR) is 416 cm³/mol. The first-order valence-electron chi connectivity index (χ1n) is 41.6. The van der Waals surface area contributed by atoms with Gasteiger partial charge >= 0.3 is 11.9 Å². The van der Waals surface area contributed by atoms with Gasteiger partial charge in [0.25, 0.3) is 7.82 Å². The van der Waals surface area contributed by atoms with Crippen molar-refractivity contribution < 1.29 is 42.1 Å². The van der Waals surface area contributed by atoms with Crippen molar-refractivity contribution in [1.82, 2.24) is 0 Å². The molecule has 0 aromatic heterocycles. The molecular formula is C86H160NO8P. The van der Waals surface area contributed by atoms with Crippen molar-refractivity contribution in [2.75, 3.05) is 47.5 Å². The second kappa shape index (κ2) is 76.6. The van der Waals surface area contributed by atoms with E-state index in [0.29, 0.717) is 17.4 Å². The smallest absolute Gasteiger partial charge is 0.306 e. The molecule has 0 spiro atoms. The van der Waals surface area contributed by atoms with Gasteiger partial charge in [-0.3, -0.25) is 14.2 Å². The van der Waals surface area contributed by atoms with Crippen LogP contribution in [0.2, 0.25) is 0 Å². The highest BCUT2D eigenvalue weighted by atomic mass is 31.2. The minimum absolute atomic E-state index is 0.0285. The summed E-state index contributed by atoms with van der Waals surface area (Å²) in [7, 11) is 1.19. The van der Waals surface area contributed by atoms with Crippen LogP contribution >= 0.6 is 7.82 Å². The third-order valence-electron chi connectivity index (χ3n) is 18.7. The molecular weight excluding hydrogens is 1210 g/mol. The number of unbranched alkanes of at least 4 members (excludes halogenated alkanes) is 52. The summed E-state index contributed by atoms with van der Waals surface area (Å²) >= 11 is 0. The maximum absolute atomic E-state index is 12.9. The van der Waals surface area contributed by atoms with Crippen molar-refractivity contribution in [1.29, 1.82) is 0 Å². The Hall–Kier alpha value is -2.55. The zero-order valence-electron chi connectivity index (χ0n) is 64.3. The maximum Gasteiger partial charge on any atom is 0.306 e. The number of esters is 2. The zero-order valence-corrected chi connectivity index (χ0v) is 65.2. The van der Waals surface area contributed by atoms with Crippen LogP contribution < -0.4 is 4.89 Å². The fraction of sp³-hybridized carbons (Fsp3) is 0.837. The normalized spacial score (nSPS) is 13.4. The largest absolute Gasteiger partial charge is 0.756 e. The monoisotopic (exact) mass is 1370 g/mol. The van der Waals surface area contributed by atoms with E-state index in [1.165, 1.54) is 315 Å². The number of quaternary nitrogens is 1. The lowest BCUT2D eigenvalue weighted by Crippen LogP contribution is -2.37. The quantitative estimate of drug-likeness (QED) is 0.0195. The van der Waals surface area contributed by atoms with E-state index < -0.39 is 26.5 Å². The fourth-order valence-corrected chi connectivity index (χ4v) is 13.1. The number of hydrogen-bond acceptors (Lipinski definition) is 8. The Bertz CT molecular complexity index is 1850. The molecule has 0 aromatic carbocycles. The van der Waals surface area contributed by atoms with Crippen molar-refractivity contribution in [3.63, 3.8) is 0 Å². The summed E-state index contributed by atoms with van der Waals surface area (Å²) in [5, 5.41) is 0. The molecule has 0 aliphatic carbocycles. The van der Waals surface area contributed by atoms with Crippen LogP contribution in [0.3, 0.4) is 0 Å². The summed E-state index contributed by atoms with van der Waals surface area (Å²) in [6.07, 6.45) is 105. The molecule has 2 unspecified atom stereocenters. The van der Waals surface area contributed by atoms with Gasteiger partial charge in [-0.2, -0.15) is 0 Å². The molecule has 9 nitrogen and oxygen atoms in total. The second-order valence-corrected chi connectivity index (χ2v) is 30.9. The van der Waals surface area contributed by atoms with Gasteiger partial charge in [0.05, 0.1) is 27.7 Å². The van der Waals surface area contributed by atoms with E-state index in [0.717, 1.165) is 64.2 Å². The van der Waals surface area contributed by atoms with Crippen LogP contribution in [0.25, 0.3) is 0 Å². The van der Waals surface area contributed by atoms with E-state index in [4.69, 9.17) is 18.5 Å². The van der Waals surface area contributed by atoms with Crippen molar-refractivity contribution in [2.24, 2.45) is 0 Å². The minimum atomic E-state index is -4.65. The Balaban J connectivity index is 3.88. The first-order chi connectivity index (χ1) is 47.0. The van der Waals surface area contributed by atoms with Gasteiger partial charge < -0.3 is 27.9 Å². The fourth-order valence-electron chi connectivity index (χ4n) is 12.4. The second-order valence-electron chi connectivity index (χ2n) is 29.5. The Labute approximate surface area is 597 Å². The molecule has 0 bridgehead atoms. The molecule has 562 valence electrons. The van der Waals surface area contributed by atoms with Crippen molar-refractivity contribution in [2.45, 2.75) is 418 Å². The number of likely N-dealkylation sites (N-methyl/N-ethyl adjacent to an activating group) is 1. The lowest BCUT2D eigenvalue weighted by atomic mass is 10.0. The lowest BCUT2D eigenvalue weighted by Gasteiger charge is -2.28. The number of phosphoric acid groups is 1. The third kappa shape index (κ3) is 80.4. The molecule has 0 saturated heterocycles. The molecule has 0 aliphatic rings. The molecule has 0 saturated carbocycles. The van der Waals surface area contributed by atoms with Crippen LogP contribution in [0, 0.1) is 0 Å². The summed E-state index contributed by atoms with van der Waals surface area (Å²) < 4.78 is 34.5. The molecule has 2 atom stereocenters. The number of allylic oxidation sites excluding steroid dienone is 12. The van der Waals surface area contributed by atoms with Crippen molar-refractivity contribution in [3.8, 4) is 0 Å². The predicted octanol–water partition coefficient (Wildman–Crippen LogP) is 27.2. The van der Waals surface area contributed by atoms with Gasteiger partial charge in [0, 0.05) is 12.8 Å². The van der Waals surface area contributed by atoms with Crippen LogP contribution in [0.4, 0.5) is 0 Å². The van der Waals surface area contributed by atoms with Gasteiger partial charge in [0.1, 0.15) is 19.8 Å². The van der Waals surface area contributed by atoms with Gasteiger partial charge in [-0.05, 0) is 83.5 Å². The van der Waals surface area contributed by atoms with Crippen LogP contribution in [0.5, 0.6) is 0 Å². The summed E-state index contributed by atoms with van der Waals surface area (Å²) in [5.74, 6) is -0.809. The van der Waals surface area contributed by atoms with Gasteiger partial charge in [-0.15, -0.1) is 0 Å².